The molecule has 0 aliphatic rings. The Bertz CT molecular complexity index is 1180. The van der Waals surface area contributed by atoms with Crippen LogP contribution in [-0.4, -0.2) is 40.6 Å². The van der Waals surface area contributed by atoms with Gasteiger partial charge >= 0.3 is 0 Å². The first-order valence-corrected chi connectivity index (χ1v) is 11.7. The van der Waals surface area contributed by atoms with Gasteiger partial charge in [0.25, 0.3) is 0 Å². The van der Waals surface area contributed by atoms with E-state index < -0.39 is 0 Å². The van der Waals surface area contributed by atoms with Crippen molar-refractivity contribution in [2.24, 2.45) is 0 Å². The fourth-order valence-electron chi connectivity index (χ4n) is 3.11. The minimum absolute atomic E-state index is 0.0925. The van der Waals surface area contributed by atoms with E-state index in [4.69, 9.17) is 9.47 Å². The van der Waals surface area contributed by atoms with Crippen molar-refractivity contribution < 1.29 is 14.3 Å². The van der Waals surface area contributed by atoms with Gasteiger partial charge in [0.1, 0.15) is 0 Å². The van der Waals surface area contributed by atoms with E-state index in [1.807, 2.05) is 70.6 Å². The standard InChI is InChI=1S/C23H22N4O3S2/c1-29-18-11-10-16(13-19(18)30-2)14-24-21(28)15-32-23-26-25-22(20-9-6-12-31-20)27(23)17-7-4-3-5-8-17/h3-13H,14-15H2,1-2H3,(H,24,28). The minimum atomic E-state index is -0.0925. The maximum absolute atomic E-state index is 12.5. The highest BCUT2D eigenvalue weighted by Gasteiger charge is 2.17. The number of rotatable bonds is 9. The average molecular weight is 467 g/mol. The summed E-state index contributed by atoms with van der Waals surface area (Å²) >= 11 is 2.96. The van der Waals surface area contributed by atoms with Crippen LogP contribution in [0, 0.1) is 0 Å². The van der Waals surface area contributed by atoms with E-state index in [2.05, 4.69) is 15.5 Å². The molecule has 7 nitrogen and oxygen atoms in total. The molecule has 2 heterocycles. The zero-order valence-electron chi connectivity index (χ0n) is 17.6. The van der Waals surface area contributed by atoms with Gasteiger partial charge in [0.15, 0.2) is 22.5 Å². The van der Waals surface area contributed by atoms with E-state index in [9.17, 15) is 4.79 Å². The minimum Gasteiger partial charge on any atom is -0.493 e. The Morgan fingerprint density at radius 1 is 1.03 bits per heavy atom. The first-order valence-electron chi connectivity index (χ1n) is 9.84. The number of nitrogens with zero attached hydrogens (tertiary/aromatic N) is 3. The van der Waals surface area contributed by atoms with Gasteiger partial charge in [-0.2, -0.15) is 0 Å². The summed E-state index contributed by atoms with van der Waals surface area (Å²) in [6.07, 6.45) is 0. The molecule has 0 aliphatic carbocycles. The molecule has 0 atom stereocenters. The SMILES string of the molecule is COc1ccc(CNC(=O)CSc2nnc(-c3cccs3)n2-c2ccccc2)cc1OC. The molecule has 0 saturated heterocycles. The molecule has 0 aliphatic heterocycles. The summed E-state index contributed by atoms with van der Waals surface area (Å²) in [4.78, 5) is 13.5. The van der Waals surface area contributed by atoms with Gasteiger partial charge in [-0.05, 0) is 41.3 Å². The Hall–Kier alpha value is -3.30. The number of methoxy groups -OCH3 is 2. The molecule has 0 fully saturated rings. The van der Waals surface area contributed by atoms with Gasteiger partial charge in [0.2, 0.25) is 5.91 Å². The molecular weight excluding hydrogens is 444 g/mol. The number of aromatic nitrogens is 3. The lowest BCUT2D eigenvalue weighted by Gasteiger charge is -2.11. The van der Waals surface area contributed by atoms with E-state index in [0.717, 1.165) is 22.0 Å². The molecular formula is C23H22N4O3S2. The molecule has 0 bridgehead atoms. The number of para-hydroxylation sites is 1. The number of thiophene rings is 1. The van der Waals surface area contributed by atoms with E-state index >= 15 is 0 Å². The van der Waals surface area contributed by atoms with Crippen LogP contribution in [0.5, 0.6) is 11.5 Å². The van der Waals surface area contributed by atoms with Crippen molar-refractivity contribution >= 4 is 29.0 Å². The third-order valence-corrected chi connectivity index (χ3v) is 6.45. The first-order chi connectivity index (χ1) is 15.7. The molecule has 0 radical (unpaired) electrons. The Morgan fingerprint density at radius 2 is 1.84 bits per heavy atom. The number of thioether (sulfide) groups is 1. The molecule has 32 heavy (non-hydrogen) atoms. The molecule has 0 unspecified atom stereocenters. The summed E-state index contributed by atoms with van der Waals surface area (Å²) in [5.74, 6) is 2.18. The van der Waals surface area contributed by atoms with Crippen molar-refractivity contribution in [2.45, 2.75) is 11.7 Å². The molecule has 2 aromatic heterocycles. The number of carbonyl (C=O) groups is 1. The quantitative estimate of drug-likeness (QED) is 0.368. The normalized spacial score (nSPS) is 10.7. The van der Waals surface area contributed by atoms with Crippen LogP contribution >= 0.6 is 23.1 Å². The van der Waals surface area contributed by atoms with Crippen molar-refractivity contribution in [2.75, 3.05) is 20.0 Å². The van der Waals surface area contributed by atoms with Crippen molar-refractivity contribution in [3.8, 4) is 27.9 Å². The van der Waals surface area contributed by atoms with Crippen LogP contribution in [0.3, 0.4) is 0 Å². The summed E-state index contributed by atoms with van der Waals surface area (Å²) < 4.78 is 12.6. The lowest BCUT2D eigenvalue weighted by atomic mass is 10.2. The lowest BCUT2D eigenvalue weighted by molar-refractivity contribution is -0.118. The average Bonchev–Trinajstić information content (AvgIpc) is 3.51. The molecule has 9 heteroatoms. The highest BCUT2D eigenvalue weighted by atomic mass is 32.2. The van der Waals surface area contributed by atoms with Crippen molar-refractivity contribution in [1.29, 1.82) is 0 Å². The molecule has 1 amide bonds. The maximum Gasteiger partial charge on any atom is 0.230 e. The second kappa shape index (κ2) is 10.3. The molecule has 0 spiro atoms. The second-order valence-corrected chi connectivity index (χ2v) is 8.60. The Labute approximate surface area is 194 Å². The Balaban J connectivity index is 1.44. The van der Waals surface area contributed by atoms with E-state index in [0.29, 0.717) is 23.2 Å². The molecule has 4 rings (SSSR count). The number of carbonyl (C=O) groups excluding carboxylic acids is 1. The van der Waals surface area contributed by atoms with Gasteiger partial charge < -0.3 is 14.8 Å². The lowest BCUT2D eigenvalue weighted by Crippen LogP contribution is -2.24. The first kappa shape index (κ1) is 21.9. The van der Waals surface area contributed by atoms with Crippen LogP contribution in [0.15, 0.2) is 71.2 Å². The third kappa shape index (κ3) is 4.95. The number of amides is 1. The summed E-state index contributed by atoms with van der Waals surface area (Å²) in [5, 5.41) is 14.4. The Morgan fingerprint density at radius 3 is 2.56 bits per heavy atom. The monoisotopic (exact) mass is 466 g/mol. The predicted octanol–water partition coefficient (Wildman–Crippen LogP) is 4.42. The van der Waals surface area contributed by atoms with Gasteiger partial charge in [-0.3, -0.25) is 9.36 Å². The molecule has 164 valence electrons. The highest BCUT2D eigenvalue weighted by molar-refractivity contribution is 7.99. The van der Waals surface area contributed by atoms with Crippen LogP contribution in [-0.2, 0) is 11.3 Å². The maximum atomic E-state index is 12.5. The second-order valence-electron chi connectivity index (χ2n) is 6.71. The number of benzene rings is 2. The van der Waals surface area contributed by atoms with E-state index in [-0.39, 0.29) is 11.7 Å². The molecule has 1 N–H and O–H groups in total. The van der Waals surface area contributed by atoms with Crippen LogP contribution in [0.4, 0.5) is 0 Å². The van der Waals surface area contributed by atoms with Crippen molar-refractivity contribution in [1.82, 2.24) is 20.1 Å². The van der Waals surface area contributed by atoms with Gasteiger partial charge in [-0.25, -0.2) is 0 Å². The highest BCUT2D eigenvalue weighted by Crippen LogP contribution is 2.30. The summed E-state index contributed by atoms with van der Waals surface area (Å²) in [5.41, 5.74) is 1.88. The number of hydrogen-bond acceptors (Lipinski definition) is 7. The van der Waals surface area contributed by atoms with Crippen molar-refractivity contribution in [3.63, 3.8) is 0 Å². The fraction of sp³-hybridized carbons (Fsp3) is 0.174. The number of ether oxygens (including phenoxy) is 2. The largest absolute Gasteiger partial charge is 0.493 e. The van der Waals surface area contributed by atoms with Crippen LogP contribution < -0.4 is 14.8 Å². The van der Waals surface area contributed by atoms with Crippen molar-refractivity contribution in [3.05, 3.63) is 71.6 Å². The fourth-order valence-corrected chi connectivity index (χ4v) is 4.59. The van der Waals surface area contributed by atoms with E-state index in [1.165, 1.54) is 11.8 Å². The Kier molecular flexibility index (Phi) is 7.08. The van der Waals surface area contributed by atoms with Crippen LogP contribution in [0.1, 0.15) is 5.56 Å². The summed E-state index contributed by atoms with van der Waals surface area (Å²) in [7, 11) is 3.18. The van der Waals surface area contributed by atoms with E-state index in [1.54, 1.807) is 25.6 Å². The predicted molar refractivity (Wildman–Crippen MR) is 127 cm³/mol. The third-order valence-electron chi connectivity index (χ3n) is 4.66. The van der Waals surface area contributed by atoms with Gasteiger partial charge in [-0.1, -0.05) is 42.1 Å². The van der Waals surface area contributed by atoms with Crippen LogP contribution in [0.25, 0.3) is 16.4 Å². The van der Waals surface area contributed by atoms with Crippen LogP contribution in [0.2, 0.25) is 0 Å². The van der Waals surface area contributed by atoms with Gasteiger partial charge in [0.05, 0.1) is 24.8 Å². The smallest absolute Gasteiger partial charge is 0.230 e. The zero-order valence-corrected chi connectivity index (χ0v) is 19.3. The summed E-state index contributed by atoms with van der Waals surface area (Å²) in [6, 6.07) is 19.5. The van der Waals surface area contributed by atoms with Gasteiger partial charge in [0, 0.05) is 12.2 Å². The topological polar surface area (TPSA) is 78.3 Å². The molecule has 0 saturated carbocycles. The van der Waals surface area contributed by atoms with Gasteiger partial charge in [-0.15, -0.1) is 21.5 Å². The molecule has 2 aromatic carbocycles. The molecule has 4 aromatic rings. The number of nitrogens with one attached hydrogen (secondary N) is 1. The number of hydrogen-bond donors (Lipinski definition) is 1. The summed E-state index contributed by atoms with van der Waals surface area (Å²) in [6.45, 7) is 0.394. The zero-order chi connectivity index (χ0) is 22.3.